The van der Waals surface area contributed by atoms with Crippen LogP contribution in [0.25, 0.3) is 10.2 Å². The predicted octanol–water partition coefficient (Wildman–Crippen LogP) is 6.75. The molecule has 0 amide bonds. The third-order valence-electron chi connectivity index (χ3n) is 5.72. The van der Waals surface area contributed by atoms with E-state index in [1.165, 1.54) is 11.3 Å². The minimum absolute atomic E-state index is 0.252. The van der Waals surface area contributed by atoms with Crippen molar-refractivity contribution < 1.29 is 10.2 Å². The smallest absolute Gasteiger partial charge is 0.175 e. The standard InChI is InChI=1S/C25H21NO2S3/c1-15-13-19-20(14-16(15)2)31-23(26-19)25(24(28)30,18-11-7-4-8-12-18)21(22(27)29)17-9-5-3-6-10-17/h3-14,21H,1-2H3,(H,27,29)(H,28,30). The molecule has 3 aromatic carbocycles. The van der Waals surface area contributed by atoms with Gasteiger partial charge in [0.05, 0.1) is 16.1 Å². The minimum Gasteiger partial charge on any atom is -0.501 e. The summed E-state index contributed by atoms with van der Waals surface area (Å²) in [7, 11) is 0. The van der Waals surface area contributed by atoms with E-state index in [-0.39, 0.29) is 10.1 Å². The Morgan fingerprint density at radius 2 is 1.48 bits per heavy atom. The zero-order valence-electron chi connectivity index (χ0n) is 17.1. The van der Waals surface area contributed by atoms with Crippen LogP contribution in [0.5, 0.6) is 0 Å². The number of hydrogen-bond donors (Lipinski definition) is 2. The molecule has 0 bridgehead atoms. The summed E-state index contributed by atoms with van der Waals surface area (Å²) in [6.45, 7) is 4.11. The van der Waals surface area contributed by atoms with Gasteiger partial charge in [-0.25, -0.2) is 4.98 Å². The highest BCUT2D eigenvalue weighted by molar-refractivity contribution is 7.80. The first-order valence-electron chi connectivity index (χ1n) is 9.80. The number of aliphatic hydroxyl groups is 2. The SMILES string of the molecule is Cc1cc2nc(C(C(O)=S)(c3ccccc3)C(C(O)=S)c3ccccc3)sc2cc1C. The second-order valence-electron chi connectivity index (χ2n) is 7.58. The molecule has 6 heteroatoms. The maximum atomic E-state index is 11.1. The van der Waals surface area contributed by atoms with E-state index in [9.17, 15) is 10.2 Å². The van der Waals surface area contributed by atoms with Gasteiger partial charge in [0.25, 0.3) is 0 Å². The van der Waals surface area contributed by atoms with Crippen LogP contribution in [-0.4, -0.2) is 25.3 Å². The molecule has 2 atom stereocenters. The van der Waals surface area contributed by atoms with Gasteiger partial charge in [-0.2, -0.15) is 0 Å². The zero-order chi connectivity index (χ0) is 22.2. The molecule has 2 N–H and O–H groups in total. The number of rotatable bonds is 6. The fourth-order valence-electron chi connectivity index (χ4n) is 4.02. The molecule has 0 saturated carbocycles. The highest BCUT2D eigenvalue weighted by Gasteiger charge is 2.51. The third-order valence-corrected chi connectivity index (χ3v) is 7.43. The summed E-state index contributed by atoms with van der Waals surface area (Å²) < 4.78 is 0.991. The van der Waals surface area contributed by atoms with Crippen molar-refractivity contribution in [1.82, 2.24) is 4.98 Å². The van der Waals surface area contributed by atoms with Gasteiger partial charge in [-0.05, 0) is 72.7 Å². The Bertz CT molecular complexity index is 1230. The van der Waals surface area contributed by atoms with E-state index in [0.717, 1.165) is 32.5 Å². The monoisotopic (exact) mass is 463 g/mol. The van der Waals surface area contributed by atoms with Gasteiger partial charge in [0.15, 0.2) is 10.1 Å². The average molecular weight is 464 g/mol. The number of thiocarbonyl (C=S) groups is 2. The number of fused-ring (bicyclic) bond motifs is 1. The van der Waals surface area contributed by atoms with Gasteiger partial charge in [0, 0.05) is 0 Å². The lowest BCUT2D eigenvalue weighted by atomic mass is 9.68. The molecule has 2 unspecified atom stereocenters. The molecule has 0 aliphatic carbocycles. The first-order valence-corrected chi connectivity index (χ1v) is 11.4. The molecule has 1 heterocycles. The summed E-state index contributed by atoms with van der Waals surface area (Å²) in [6, 6.07) is 23.0. The Kier molecular flexibility index (Phi) is 5.88. The van der Waals surface area contributed by atoms with E-state index in [1.807, 2.05) is 73.7 Å². The number of hydrogen-bond acceptors (Lipinski definition) is 4. The average Bonchev–Trinajstić information content (AvgIpc) is 3.15. The molecule has 0 spiro atoms. The van der Waals surface area contributed by atoms with Crippen LogP contribution in [0.3, 0.4) is 0 Å². The van der Waals surface area contributed by atoms with Gasteiger partial charge in [0.2, 0.25) is 0 Å². The predicted molar refractivity (Wildman–Crippen MR) is 136 cm³/mol. The quantitative estimate of drug-likeness (QED) is 0.310. The maximum Gasteiger partial charge on any atom is 0.175 e. The van der Waals surface area contributed by atoms with E-state index >= 15 is 0 Å². The molecule has 0 saturated heterocycles. The van der Waals surface area contributed by atoms with Gasteiger partial charge >= 0.3 is 0 Å². The van der Waals surface area contributed by atoms with Gasteiger partial charge in [-0.3, -0.25) is 0 Å². The largest absolute Gasteiger partial charge is 0.501 e. The summed E-state index contributed by atoms with van der Waals surface area (Å²) in [4.78, 5) is 4.91. The number of aromatic nitrogens is 1. The number of thiazole rings is 1. The Morgan fingerprint density at radius 3 is 2.06 bits per heavy atom. The van der Waals surface area contributed by atoms with Crippen molar-refractivity contribution in [2.24, 2.45) is 0 Å². The van der Waals surface area contributed by atoms with Crippen LogP contribution in [0.15, 0.2) is 72.8 Å². The highest BCUT2D eigenvalue weighted by Crippen LogP contribution is 2.48. The van der Waals surface area contributed by atoms with E-state index in [0.29, 0.717) is 5.01 Å². The Balaban J connectivity index is 2.11. The highest BCUT2D eigenvalue weighted by atomic mass is 32.1. The molecule has 156 valence electrons. The molecule has 0 radical (unpaired) electrons. The molecule has 4 aromatic rings. The van der Waals surface area contributed by atoms with Crippen LogP contribution in [-0.2, 0) is 5.41 Å². The molecule has 1 aromatic heterocycles. The number of nitrogens with zero attached hydrogens (tertiary/aromatic N) is 1. The van der Waals surface area contributed by atoms with Crippen molar-refractivity contribution in [3.05, 3.63) is 100 Å². The first-order chi connectivity index (χ1) is 14.9. The summed E-state index contributed by atoms with van der Waals surface area (Å²) >= 11 is 12.3. The summed E-state index contributed by atoms with van der Waals surface area (Å²) in [5.74, 6) is -0.786. The van der Waals surface area contributed by atoms with Gasteiger partial charge in [0.1, 0.15) is 10.4 Å². The lowest BCUT2D eigenvalue weighted by Gasteiger charge is -2.37. The van der Waals surface area contributed by atoms with Gasteiger partial charge in [-0.1, -0.05) is 60.7 Å². The van der Waals surface area contributed by atoms with Crippen LogP contribution in [0.1, 0.15) is 33.2 Å². The van der Waals surface area contributed by atoms with Crippen LogP contribution in [0.4, 0.5) is 0 Å². The molecule has 0 aliphatic rings. The fourth-order valence-corrected chi connectivity index (χ4v) is 6.03. The van der Waals surface area contributed by atoms with E-state index in [2.05, 4.69) is 13.0 Å². The van der Waals surface area contributed by atoms with Crippen LogP contribution in [0, 0.1) is 13.8 Å². The van der Waals surface area contributed by atoms with Crippen molar-refractivity contribution in [2.45, 2.75) is 25.2 Å². The van der Waals surface area contributed by atoms with Crippen molar-refractivity contribution in [3.8, 4) is 0 Å². The molecule has 4 rings (SSSR count). The summed E-state index contributed by atoms with van der Waals surface area (Å²) in [5, 5.41) is 21.9. The second-order valence-corrected chi connectivity index (χ2v) is 9.42. The molecule has 0 aliphatic heterocycles. The number of aryl methyl sites for hydroxylation is 2. The molecular formula is C25H21NO2S3. The van der Waals surface area contributed by atoms with Crippen LogP contribution < -0.4 is 0 Å². The maximum absolute atomic E-state index is 11.1. The number of benzene rings is 3. The molecule has 0 fully saturated rings. The minimum atomic E-state index is -1.31. The van der Waals surface area contributed by atoms with E-state index < -0.39 is 11.3 Å². The van der Waals surface area contributed by atoms with E-state index in [1.54, 1.807) is 0 Å². The molecule has 3 nitrogen and oxygen atoms in total. The molecular weight excluding hydrogens is 442 g/mol. The van der Waals surface area contributed by atoms with Gasteiger partial charge < -0.3 is 10.2 Å². The van der Waals surface area contributed by atoms with E-state index in [4.69, 9.17) is 29.4 Å². The van der Waals surface area contributed by atoms with Crippen molar-refractivity contribution in [2.75, 3.05) is 0 Å². The lowest BCUT2D eigenvalue weighted by molar-refractivity contribution is 0.442. The first kappa shape index (κ1) is 21.6. The van der Waals surface area contributed by atoms with Gasteiger partial charge in [-0.15, -0.1) is 11.3 Å². The van der Waals surface area contributed by atoms with Crippen LogP contribution >= 0.6 is 35.8 Å². The van der Waals surface area contributed by atoms with Crippen LogP contribution in [0.2, 0.25) is 0 Å². The second kappa shape index (κ2) is 8.46. The normalized spacial score (nSPS) is 14.1. The summed E-state index contributed by atoms with van der Waals surface area (Å²) in [5.41, 5.74) is 3.29. The third kappa shape index (κ3) is 3.65. The van der Waals surface area contributed by atoms with Crippen molar-refractivity contribution in [1.29, 1.82) is 0 Å². The molecule has 31 heavy (non-hydrogen) atoms. The summed E-state index contributed by atoms with van der Waals surface area (Å²) in [6.07, 6.45) is 0. The lowest BCUT2D eigenvalue weighted by Crippen LogP contribution is -2.45. The zero-order valence-corrected chi connectivity index (χ0v) is 19.5. The number of aliphatic hydroxyl groups excluding tert-OH is 2. The fraction of sp³-hybridized carbons (Fsp3) is 0.160. The van der Waals surface area contributed by atoms with Crippen molar-refractivity contribution >= 4 is 56.1 Å². The Labute approximate surface area is 196 Å². The Morgan fingerprint density at radius 1 is 0.903 bits per heavy atom. The Hall–Kier alpha value is -2.67. The topological polar surface area (TPSA) is 53.4 Å². The van der Waals surface area contributed by atoms with Crippen molar-refractivity contribution in [3.63, 3.8) is 0 Å².